The summed E-state index contributed by atoms with van der Waals surface area (Å²) in [5.41, 5.74) is 2.16. The summed E-state index contributed by atoms with van der Waals surface area (Å²) in [6.45, 7) is 0. The largest absolute Gasteiger partial charge is 0.113 e. The molecule has 0 saturated heterocycles. The zero-order chi connectivity index (χ0) is 7.40. The zero-order valence-corrected chi connectivity index (χ0v) is 7.26. The highest BCUT2D eigenvalue weighted by Gasteiger charge is 1.88. The molecular weight excluding hydrogens is 187 g/mol. The van der Waals surface area contributed by atoms with E-state index in [9.17, 15) is 0 Å². The molecule has 0 fully saturated rings. The van der Waals surface area contributed by atoms with E-state index in [0.717, 1.165) is 17.2 Å². The molecule has 0 spiro atoms. The molecule has 0 N–H and O–H groups in total. The highest BCUT2D eigenvalue weighted by molar-refractivity contribution is 9.09. The van der Waals surface area contributed by atoms with Gasteiger partial charge in [-0.15, -0.1) is 0 Å². The second-order valence-electron chi connectivity index (χ2n) is 2.18. The summed E-state index contributed by atoms with van der Waals surface area (Å²) < 4.78 is 0. The number of aryl methyl sites for hydroxylation is 1. The summed E-state index contributed by atoms with van der Waals surface area (Å²) in [6.07, 6.45) is 1.07. The van der Waals surface area contributed by atoms with Crippen molar-refractivity contribution in [2.24, 2.45) is 0 Å². The Morgan fingerprint density at radius 3 is 2.30 bits per heavy atom. The summed E-state index contributed by atoms with van der Waals surface area (Å²) in [6, 6.07) is 7.96. The van der Waals surface area contributed by atoms with E-state index in [4.69, 9.17) is 7.85 Å². The summed E-state index contributed by atoms with van der Waals surface area (Å²) in [5.74, 6) is 0. The Morgan fingerprint density at radius 2 is 1.80 bits per heavy atom. The van der Waals surface area contributed by atoms with Gasteiger partial charge < -0.3 is 0 Å². The molecule has 0 aromatic heterocycles. The molecule has 0 heterocycles. The van der Waals surface area contributed by atoms with Crippen LogP contribution >= 0.6 is 15.9 Å². The van der Waals surface area contributed by atoms with E-state index in [0.29, 0.717) is 0 Å². The van der Waals surface area contributed by atoms with Gasteiger partial charge in [0.2, 0.25) is 0 Å². The molecule has 10 heavy (non-hydrogen) atoms. The quantitative estimate of drug-likeness (QED) is 0.494. The van der Waals surface area contributed by atoms with Gasteiger partial charge in [-0.1, -0.05) is 45.7 Å². The first-order valence-corrected chi connectivity index (χ1v) is 4.35. The van der Waals surface area contributed by atoms with Gasteiger partial charge >= 0.3 is 0 Å². The third-order valence-corrected chi connectivity index (χ3v) is 1.76. The third kappa shape index (κ3) is 2.18. The minimum Gasteiger partial charge on any atom is -0.0967 e. The Hall–Kier alpha value is -0.235. The van der Waals surface area contributed by atoms with Crippen LogP contribution in [0.4, 0.5) is 0 Å². The van der Waals surface area contributed by atoms with Gasteiger partial charge in [-0.2, -0.15) is 0 Å². The van der Waals surface area contributed by atoms with Crippen LogP contribution in [0.3, 0.4) is 0 Å². The summed E-state index contributed by atoms with van der Waals surface area (Å²) in [7, 11) is 5.51. The van der Waals surface area contributed by atoms with Crippen LogP contribution in [0.15, 0.2) is 24.3 Å². The average Bonchev–Trinajstić information content (AvgIpc) is 1.95. The Bertz CT molecular complexity index is 193. The molecule has 0 saturated carbocycles. The molecule has 0 aliphatic carbocycles. The van der Waals surface area contributed by atoms with Crippen molar-refractivity contribution in [3.63, 3.8) is 0 Å². The van der Waals surface area contributed by atoms with Gasteiger partial charge in [0.05, 0.1) is 0 Å². The maximum absolute atomic E-state index is 5.51. The van der Waals surface area contributed by atoms with E-state index >= 15 is 0 Å². The highest BCUT2D eigenvalue weighted by atomic mass is 79.9. The second kappa shape index (κ2) is 3.82. The lowest BCUT2D eigenvalue weighted by Crippen LogP contribution is -2.00. The van der Waals surface area contributed by atoms with Crippen molar-refractivity contribution in [1.82, 2.24) is 0 Å². The molecule has 0 unspecified atom stereocenters. The van der Waals surface area contributed by atoms with Crippen LogP contribution in [0, 0.1) is 0 Å². The van der Waals surface area contributed by atoms with E-state index in [2.05, 4.69) is 28.1 Å². The first-order valence-electron chi connectivity index (χ1n) is 3.23. The molecule has 0 nitrogen and oxygen atoms in total. The van der Waals surface area contributed by atoms with E-state index in [1.807, 2.05) is 12.1 Å². The van der Waals surface area contributed by atoms with Crippen molar-refractivity contribution in [3.8, 4) is 0 Å². The molecule has 0 bridgehead atoms. The Labute approximate surface area is 71.2 Å². The lowest BCUT2D eigenvalue weighted by molar-refractivity contribution is 1.17. The first kappa shape index (κ1) is 7.87. The van der Waals surface area contributed by atoms with Crippen molar-refractivity contribution in [1.29, 1.82) is 0 Å². The number of hydrogen-bond donors (Lipinski definition) is 0. The SMILES string of the molecule is [B]c1ccc(CCBr)cc1. The Balaban J connectivity index is 2.69. The maximum atomic E-state index is 5.51. The van der Waals surface area contributed by atoms with Crippen molar-refractivity contribution < 1.29 is 0 Å². The van der Waals surface area contributed by atoms with Gasteiger partial charge in [0.1, 0.15) is 7.85 Å². The minimum atomic E-state index is 0.832. The molecule has 1 aromatic rings. The fourth-order valence-corrected chi connectivity index (χ4v) is 1.25. The van der Waals surface area contributed by atoms with Crippen LogP contribution in [-0.2, 0) is 6.42 Å². The molecule has 50 valence electrons. The number of alkyl halides is 1. The second-order valence-corrected chi connectivity index (χ2v) is 2.97. The number of halogens is 1. The summed E-state index contributed by atoms with van der Waals surface area (Å²) in [5, 5.41) is 1.01. The number of benzene rings is 1. The lowest BCUT2D eigenvalue weighted by atomic mass is 9.95. The lowest BCUT2D eigenvalue weighted by Gasteiger charge is -1.96. The number of hydrogen-bond acceptors (Lipinski definition) is 0. The zero-order valence-electron chi connectivity index (χ0n) is 5.68. The molecule has 1 rings (SSSR count). The van der Waals surface area contributed by atoms with Gasteiger partial charge in [0, 0.05) is 5.33 Å². The Morgan fingerprint density at radius 1 is 1.20 bits per heavy atom. The van der Waals surface area contributed by atoms with E-state index in [1.54, 1.807) is 0 Å². The molecule has 0 atom stereocenters. The highest BCUT2D eigenvalue weighted by Crippen LogP contribution is 1.99. The van der Waals surface area contributed by atoms with E-state index in [1.165, 1.54) is 5.56 Å². The maximum Gasteiger partial charge on any atom is 0.113 e. The molecule has 2 radical (unpaired) electrons. The van der Waals surface area contributed by atoms with Crippen molar-refractivity contribution in [2.45, 2.75) is 6.42 Å². The summed E-state index contributed by atoms with van der Waals surface area (Å²) >= 11 is 3.37. The molecule has 2 heteroatoms. The van der Waals surface area contributed by atoms with Gasteiger partial charge in [0.25, 0.3) is 0 Å². The standard InChI is InChI=1S/C8H8BBr/c9-8-3-1-7(2-4-8)5-6-10/h1-4H,5-6H2. The van der Waals surface area contributed by atoms with Crippen LogP contribution < -0.4 is 5.46 Å². The van der Waals surface area contributed by atoms with Crippen molar-refractivity contribution >= 4 is 29.2 Å². The fraction of sp³-hybridized carbons (Fsp3) is 0.250. The minimum absolute atomic E-state index is 0.832. The Kier molecular flexibility index (Phi) is 3.00. The van der Waals surface area contributed by atoms with Crippen LogP contribution in [0.5, 0.6) is 0 Å². The molecule has 0 aliphatic rings. The smallest absolute Gasteiger partial charge is 0.0967 e. The first-order chi connectivity index (χ1) is 4.83. The predicted octanol–water partition coefficient (Wildman–Crippen LogP) is 1.42. The third-order valence-electron chi connectivity index (χ3n) is 1.36. The van der Waals surface area contributed by atoms with Gasteiger partial charge in [0.15, 0.2) is 0 Å². The van der Waals surface area contributed by atoms with Crippen LogP contribution in [0.2, 0.25) is 0 Å². The van der Waals surface area contributed by atoms with Gasteiger partial charge in [-0.25, -0.2) is 0 Å². The van der Waals surface area contributed by atoms with Crippen LogP contribution in [-0.4, -0.2) is 13.2 Å². The monoisotopic (exact) mass is 194 g/mol. The van der Waals surface area contributed by atoms with Gasteiger partial charge in [-0.3, -0.25) is 0 Å². The van der Waals surface area contributed by atoms with Crippen LogP contribution in [0.1, 0.15) is 5.56 Å². The fourth-order valence-electron chi connectivity index (χ4n) is 0.793. The van der Waals surface area contributed by atoms with Crippen LogP contribution in [0.25, 0.3) is 0 Å². The molecule has 0 aliphatic heterocycles. The topological polar surface area (TPSA) is 0 Å². The molecule has 0 amide bonds. The average molecular weight is 195 g/mol. The number of rotatable bonds is 2. The van der Waals surface area contributed by atoms with E-state index < -0.39 is 0 Å². The normalized spacial score (nSPS) is 9.70. The van der Waals surface area contributed by atoms with Crippen molar-refractivity contribution in [2.75, 3.05) is 5.33 Å². The van der Waals surface area contributed by atoms with Crippen molar-refractivity contribution in [3.05, 3.63) is 29.8 Å². The van der Waals surface area contributed by atoms with E-state index in [-0.39, 0.29) is 0 Å². The summed E-state index contributed by atoms with van der Waals surface area (Å²) in [4.78, 5) is 0. The molecular formula is C8H8BBr. The van der Waals surface area contributed by atoms with Gasteiger partial charge in [-0.05, 0) is 12.0 Å². The molecule has 1 aromatic carbocycles. The predicted molar refractivity (Wildman–Crippen MR) is 49.3 cm³/mol.